The van der Waals surface area contributed by atoms with E-state index in [0.717, 1.165) is 18.7 Å². The summed E-state index contributed by atoms with van der Waals surface area (Å²) in [6, 6.07) is 8.68. The molecule has 1 aliphatic heterocycles. The molecular formula is C24H21Cl2F3N6O2. The second kappa shape index (κ2) is 11.8. The zero-order valence-corrected chi connectivity index (χ0v) is 20.8. The van der Waals surface area contributed by atoms with Gasteiger partial charge in [-0.15, -0.1) is 13.2 Å². The molecule has 1 aliphatic rings. The summed E-state index contributed by atoms with van der Waals surface area (Å²) < 4.78 is 40.7. The van der Waals surface area contributed by atoms with Gasteiger partial charge in [-0.25, -0.2) is 9.97 Å². The molecule has 1 aromatic carbocycles. The van der Waals surface area contributed by atoms with Crippen molar-refractivity contribution >= 4 is 46.7 Å². The number of benzene rings is 1. The Hall–Kier alpha value is -3.41. The van der Waals surface area contributed by atoms with Crippen LogP contribution in [0.25, 0.3) is 6.08 Å². The van der Waals surface area contributed by atoms with Gasteiger partial charge in [0.15, 0.2) is 5.82 Å². The summed E-state index contributed by atoms with van der Waals surface area (Å²) in [4.78, 5) is 29.1. The van der Waals surface area contributed by atoms with E-state index in [4.69, 9.17) is 23.2 Å². The number of piperazine rings is 1. The summed E-state index contributed by atoms with van der Waals surface area (Å²) in [6.45, 7) is 3.37. The average molecular weight is 553 g/mol. The number of hydrogen-bond acceptors (Lipinski definition) is 7. The molecule has 0 unspecified atom stereocenters. The lowest BCUT2D eigenvalue weighted by molar-refractivity contribution is -0.274. The number of halogens is 5. The Kier molecular flexibility index (Phi) is 8.47. The Morgan fingerprint density at radius 1 is 1.08 bits per heavy atom. The second-order valence-electron chi connectivity index (χ2n) is 8.00. The number of alkyl halides is 3. The third kappa shape index (κ3) is 7.78. The van der Waals surface area contributed by atoms with Gasteiger partial charge < -0.3 is 15.0 Å². The molecule has 1 amide bonds. The monoisotopic (exact) mass is 552 g/mol. The van der Waals surface area contributed by atoms with E-state index in [1.807, 2.05) is 17.1 Å². The third-order valence-corrected chi connectivity index (χ3v) is 5.82. The Balaban J connectivity index is 1.33. The van der Waals surface area contributed by atoms with Gasteiger partial charge in [0, 0.05) is 44.5 Å². The standard InChI is InChI=1S/C24H21Cl2F3N6O2/c25-20-14-17(7-8-30-20)22(36)32-19-15-31-23(26)33-21(19)35-12-10-34(11-13-35)9-1-2-16-3-5-18(6-4-16)37-24(27,28)29/h1-8,14-15H,9-13H2,(H,32,36). The van der Waals surface area contributed by atoms with E-state index in [0.29, 0.717) is 36.7 Å². The number of carbonyl (C=O) groups is 1. The van der Waals surface area contributed by atoms with Crippen molar-refractivity contribution in [3.8, 4) is 5.75 Å². The summed E-state index contributed by atoms with van der Waals surface area (Å²) in [7, 11) is 0. The maximum atomic E-state index is 12.7. The van der Waals surface area contributed by atoms with Gasteiger partial charge in [0.1, 0.15) is 16.6 Å². The van der Waals surface area contributed by atoms with E-state index < -0.39 is 6.36 Å². The minimum atomic E-state index is -4.71. The molecule has 1 N–H and O–H groups in total. The van der Waals surface area contributed by atoms with Crippen molar-refractivity contribution in [2.45, 2.75) is 6.36 Å². The van der Waals surface area contributed by atoms with Crippen molar-refractivity contribution in [2.75, 3.05) is 42.9 Å². The van der Waals surface area contributed by atoms with Crippen LogP contribution in [0.3, 0.4) is 0 Å². The molecule has 8 nitrogen and oxygen atoms in total. The summed E-state index contributed by atoms with van der Waals surface area (Å²) >= 11 is 11.9. The number of carbonyl (C=O) groups excluding carboxylic acids is 1. The first-order chi connectivity index (χ1) is 17.7. The van der Waals surface area contributed by atoms with Crippen LogP contribution >= 0.6 is 23.2 Å². The van der Waals surface area contributed by atoms with E-state index in [1.165, 1.54) is 30.6 Å². The molecule has 4 rings (SSSR count). The lowest BCUT2D eigenvalue weighted by atomic mass is 10.2. The first-order valence-corrected chi connectivity index (χ1v) is 11.9. The average Bonchev–Trinajstić information content (AvgIpc) is 2.86. The minimum absolute atomic E-state index is 0.0666. The smallest absolute Gasteiger partial charge is 0.406 e. The number of rotatable bonds is 7. The first-order valence-electron chi connectivity index (χ1n) is 11.1. The van der Waals surface area contributed by atoms with Crippen LogP contribution in [0.2, 0.25) is 10.4 Å². The molecule has 0 radical (unpaired) electrons. The molecule has 1 saturated heterocycles. The fraction of sp³-hybridized carbons (Fsp3) is 0.250. The van der Waals surface area contributed by atoms with Crippen molar-refractivity contribution in [1.82, 2.24) is 19.9 Å². The van der Waals surface area contributed by atoms with Gasteiger partial charge in [-0.1, -0.05) is 35.9 Å². The quantitative estimate of drug-likeness (QED) is 0.320. The number of anilines is 2. The van der Waals surface area contributed by atoms with Gasteiger partial charge in [-0.05, 0) is 41.4 Å². The Morgan fingerprint density at radius 3 is 2.49 bits per heavy atom. The molecule has 3 heterocycles. The van der Waals surface area contributed by atoms with E-state index in [1.54, 1.807) is 18.2 Å². The van der Waals surface area contributed by atoms with Gasteiger partial charge in [0.05, 0.1) is 6.20 Å². The Labute approximate surface area is 220 Å². The fourth-order valence-electron chi connectivity index (χ4n) is 3.68. The topological polar surface area (TPSA) is 83.5 Å². The minimum Gasteiger partial charge on any atom is -0.406 e. The molecule has 0 aliphatic carbocycles. The van der Waals surface area contributed by atoms with Crippen molar-refractivity contribution < 1.29 is 22.7 Å². The highest BCUT2D eigenvalue weighted by atomic mass is 35.5. The Morgan fingerprint density at radius 2 is 1.81 bits per heavy atom. The van der Waals surface area contributed by atoms with Crippen LogP contribution in [0, 0.1) is 0 Å². The molecule has 0 bridgehead atoms. The number of hydrogen-bond donors (Lipinski definition) is 1. The molecular weight excluding hydrogens is 532 g/mol. The normalized spacial score (nSPS) is 14.7. The van der Waals surface area contributed by atoms with Crippen LogP contribution in [0.1, 0.15) is 15.9 Å². The van der Waals surface area contributed by atoms with Crippen LogP contribution < -0.4 is 15.0 Å². The molecule has 0 saturated carbocycles. The second-order valence-corrected chi connectivity index (χ2v) is 8.73. The van der Waals surface area contributed by atoms with Crippen LogP contribution in [-0.2, 0) is 0 Å². The lowest BCUT2D eigenvalue weighted by Gasteiger charge is -2.35. The maximum Gasteiger partial charge on any atom is 0.573 e. The highest BCUT2D eigenvalue weighted by molar-refractivity contribution is 6.30. The van der Waals surface area contributed by atoms with Crippen molar-refractivity contribution in [3.63, 3.8) is 0 Å². The molecule has 1 fully saturated rings. The number of ether oxygens (including phenoxy) is 1. The highest BCUT2D eigenvalue weighted by Gasteiger charge is 2.31. The van der Waals surface area contributed by atoms with Crippen LogP contribution in [0.15, 0.2) is 54.9 Å². The molecule has 0 spiro atoms. The number of pyridine rings is 1. The number of nitrogens with zero attached hydrogens (tertiary/aromatic N) is 5. The molecule has 37 heavy (non-hydrogen) atoms. The molecule has 3 aromatic rings. The van der Waals surface area contributed by atoms with E-state index in [9.17, 15) is 18.0 Å². The predicted octanol–water partition coefficient (Wildman–Crippen LogP) is 5.16. The summed E-state index contributed by atoms with van der Waals surface area (Å²) in [5.41, 5.74) is 1.54. The van der Waals surface area contributed by atoms with Gasteiger partial charge in [-0.2, -0.15) is 4.98 Å². The van der Waals surface area contributed by atoms with Crippen molar-refractivity contribution in [2.24, 2.45) is 0 Å². The summed E-state index contributed by atoms with van der Waals surface area (Å²) in [5.74, 6) is -0.117. The van der Waals surface area contributed by atoms with E-state index >= 15 is 0 Å². The summed E-state index contributed by atoms with van der Waals surface area (Å²) in [6.07, 6.45) is 1.99. The van der Waals surface area contributed by atoms with Gasteiger partial charge in [0.2, 0.25) is 5.28 Å². The van der Waals surface area contributed by atoms with Crippen LogP contribution in [0.4, 0.5) is 24.7 Å². The number of amides is 1. The molecule has 0 atom stereocenters. The zero-order valence-electron chi connectivity index (χ0n) is 19.3. The van der Waals surface area contributed by atoms with Crippen molar-refractivity contribution in [3.05, 3.63) is 76.4 Å². The van der Waals surface area contributed by atoms with Crippen molar-refractivity contribution in [1.29, 1.82) is 0 Å². The molecule has 2 aromatic heterocycles. The number of aromatic nitrogens is 3. The molecule has 194 valence electrons. The van der Waals surface area contributed by atoms with Crippen LogP contribution in [0.5, 0.6) is 5.75 Å². The maximum absolute atomic E-state index is 12.7. The number of nitrogens with one attached hydrogen (secondary N) is 1. The van der Waals surface area contributed by atoms with E-state index in [-0.39, 0.29) is 22.1 Å². The largest absolute Gasteiger partial charge is 0.573 e. The van der Waals surface area contributed by atoms with Crippen LogP contribution in [-0.4, -0.2) is 64.8 Å². The third-order valence-electron chi connectivity index (χ3n) is 5.44. The highest BCUT2D eigenvalue weighted by Crippen LogP contribution is 2.26. The van der Waals surface area contributed by atoms with Gasteiger partial charge in [0.25, 0.3) is 5.91 Å². The lowest BCUT2D eigenvalue weighted by Crippen LogP contribution is -2.47. The fourth-order valence-corrected chi connectivity index (χ4v) is 3.98. The van der Waals surface area contributed by atoms with Gasteiger partial charge in [-0.3, -0.25) is 9.69 Å². The Bertz CT molecular complexity index is 1270. The molecule has 13 heteroatoms. The van der Waals surface area contributed by atoms with Gasteiger partial charge >= 0.3 is 6.36 Å². The SMILES string of the molecule is O=C(Nc1cnc(Cl)nc1N1CCN(CC=Cc2ccc(OC(F)(F)F)cc2)CC1)c1ccnc(Cl)c1. The summed E-state index contributed by atoms with van der Waals surface area (Å²) in [5, 5.41) is 3.08. The zero-order chi connectivity index (χ0) is 26.4. The first kappa shape index (κ1) is 26.6. The predicted molar refractivity (Wildman–Crippen MR) is 135 cm³/mol. The van der Waals surface area contributed by atoms with E-state index in [2.05, 4.69) is 29.9 Å².